The van der Waals surface area contributed by atoms with Crippen LogP contribution in [0.4, 0.5) is 5.13 Å². The summed E-state index contributed by atoms with van der Waals surface area (Å²) in [5.41, 5.74) is 1.92. The van der Waals surface area contributed by atoms with Crippen molar-refractivity contribution in [3.8, 4) is 16.3 Å². The molecule has 1 N–H and O–H groups in total. The van der Waals surface area contributed by atoms with Crippen LogP contribution in [0.3, 0.4) is 0 Å². The van der Waals surface area contributed by atoms with E-state index in [2.05, 4.69) is 20.6 Å². The average Bonchev–Trinajstić information content (AvgIpc) is 3.33. The highest BCUT2D eigenvalue weighted by Crippen LogP contribution is 2.26. The zero-order valence-electron chi connectivity index (χ0n) is 13.3. The predicted molar refractivity (Wildman–Crippen MR) is 102 cm³/mol. The Labute approximate surface area is 158 Å². The number of rotatable bonds is 4. The fourth-order valence-electron chi connectivity index (χ4n) is 2.35. The number of nitrogens with zero attached hydrogens (tertiary/aromatic N) is 4. The summed E-state index contributed by atoms with van der Waals surface area (Å²) in [4.78, 5) is 12.4. The number of para-hydroxylation sites is 1. The third-order valence-electron chi connectivity index (χ3n) is 3.59. The van der Waals surface area contributed by atoms with E-state index in [-0.39, 0.29) is 11.6 Å². The van der Waals surface area contributed by atoms with E-state index >= 15 is 0 Å². The Hall–Kier alpha value is -3.03. The van der Waals surface area contributed by atoms with Gasteiger partial charge in [-0.3, -0.25) is 10.1 Å². The van der Waals surface area contributed by atoms with Crippen molar-refractivity contribution < 1.29 is 4.79 Å². The molecule has 0 aliphatic heterocycles. The summed E-state index contributed by atoms with van der Waals surface area (Å²) in [5.74, 6) is -0.355. The standard InChI is InChI=1S/C18H12ClN5OS/c19-13-8-4-5-9-15(13)24-11-10-14(23-24)16(25)20-18-22-21-17(26-18)12-6-2-1-3-7-12/h1-11H,(H,20,22,25). The van der Waals surface area contributed by atoms with Crippen molar-refractivity contribution in [2.75, 3.05) is 5.32 Å². The number of carbonyl (C=O) groups excluding carboxylic acids is 1. The highest BCUT2D eigenvalue weighted by Gasteiger charge is 2.14. The van der Waals surface area contributed by atoms with E-state index in [1.807, 2.05) is 48.5 Å². The molecule has 26 heavy (non-hydrogen) atoms. The Morgan fingerprint density at radius 2 is 1.77 bits per heavy atom. The van der Waals surface area contributed by atoms with Crippen molar-refractivity contribution in [1.29, 1.82) is 0 Å². The quantitative estimate of drug-likeness (QED) is 0.572. The molecule has 4 aromatic rings. The van der Waals surface area contributed by atoms with E-state index in [0.29, 0.717) is 15.8 Å². The van der Waals surface area contributed by atoms with Crippen LogP contribution >= 0.6 is 22.9 Å². The number of carbonyl (C=O) groups is 1. The van der Waals surface area contributed by atoms with E-state index in [1.165, 1.54) is 11.3 Å². The minimum absolute atomic E-state index is 0.265. The van der Waals surface area contributed by atoms with Crippen LogP contribution in [0.15, 0.2) is 66.9 Å². The summed E-state index contributed by atoms with van der Waals surface area (Å²) in [7, 11) is 0. The Morgan fingerprint density at radius 1 is 1.00 bits per heavy atom. The van der Waals surface area contributed by atoms with Gasteiger partial charge in [-0.2, -0.15) is 5.10 Å². The van der Waals surface area contributed by atoms with Crippen LogP contribution in [-0.2, 0) is 0 Å². The van der Waals surface area contributed by atoms with Crippen molar-refractivity contribution in [3.05, 3.63) is 77.6 Å². The van der Waals surface area contributed by atoms with Gasteiger partial charge in [0, 0.05) is 11.8 Å². The lowest BCUT2D eigenvalue weighted by atomic mass is 10.2. The lowest BCUT2D eigenvalue weighted by Crippen LogP contribution is -2.13. The normalized spacial score (nSPS) is 10.7. The lowest BCUT2D eigenvalue weighted by molar-refractivity contribution is 0.102. The highest BCUT2D eigenvalue weighted by molar-refractivity contribution is 7.18. The molecular weight excluding hydrogens is 370 g/mol. The van der Waals surface area contributed by atoms with Gasteiger partial charge in [-0.15, -0.1) is 10.2 Å². The molecule has 6 nitrogen and oxygen atoms in total. The first-order valence-corrected chi connectivity index (χ1v) is 8.91. The summed E-state index contributed by atoms with van der Waals surface area (Å²) in [5, 5.41) is 16.8. The molecule has 0 bridgehead atoms. The molecule has 2 heterocycles. The number of hydrogen-bond acceptors (Lipinski definition) is 5. The van der Waals surface area contributed by atoms with E-state index in [1.54, 1.807) is 23.0 Å². The van der Waals surface area contributed by atoms with Crippen LogP contribution in [0, 0.1) is 0 Å². The zero-order valence-corrected chi connectivity index (χ0v) is 14.9. The van der Waals surface area contributed by atoms with Gasteiger partial charge in [-0.1, -0.05) is 65.4 Å². The van der Waals surface area contributed by atoms with Crippen LogP contribution in [0.2, 0.25) is 5.02 Å². The second-order valence-electron chi connectivity index (χ2n) is 5.33. The van der Waals surface area contributed by atoms with Crippen LogP contribution in [0.1, 0.15) is 10.5 Å². The van der Waals surface area contributed by atoms with Gasteiger partial charge >= 0.3 is 0 Å². The maximum Gasteiger partial charge on any atom is 0.277 e. The third kappa shape index (κ3) is 3.35. The van der Waals surface area contributed by atoms with Crippen LogP contribution < -0.4 is 5.32 Å². The molecule has 0 radical (unpaired) electrons. The van der Waals surface area contributed by atoms with Gasteiger partial charge < -0.3 is 0 Å². The fourth-order valence-corrected chi connectivity index (χ4v) is 3.32. The highest BCUT2D eigenvalue weighted by atomic mass is 35.5. The molecule has 0 unspecified atom stereocenters. The van der Waals surface area contributed by atoms with Crippen molar-refractivity contribution >= 4 is 34.0 Å². The summed E-state index contributed by atoms with van der Waals surface area (Å²) < 4.78 is 1.56. The molecule has 0 saturated carbocycles. The molecule has 0 fully saturated rings. The van der Waals surface area contributed by atoms with Crippen LogP contribution in [0.5, 0.6) is 0 Å². The maximum atomic E-state index is 12.4. The third-order valence-corrected chi connectivity index (χ3v) is 4.79. The van der Waals surface area contributed by atoms with E-state index in [0.717, 1.165) is 10.6 Å². The van der Waals surface area contributed by atoms with Crippen LogP contribution in [0.25, 0.3) is 16.3 Å². The molecule has 0 saturated heterocycles. The van der Waals surface area contributed by atoms with Gasteiger partial charge in [-0.25, -0.2) is 4.68 Å². The SMILES string of the molecule is O=C(Nc1nnc(-c2ccccc2)s1)c1ccn(-c2ccccc2Cl)n1. The lowest BCUT2D eigenvalue weighted by Gasteiger charge is -2.03. The first-order valence-electron chi connectivity index (χ1n) is 7.71. The second kappa shape index (κ2) is 7.07. The molecule has 0 aliphatic carbocycles. The molecule has 1 amide bonds. The molecule has 0 aliphatic rings. The monoisotopic (exact) mass is 381 g/mol. The molecule has 0 spiro atoms. The summed E-state index contributed by atoms with van der Waals surface area (Å²) in [6.07, 6.45) is 1.69. The average molecular weight is 382 g/mol. The molecule has 8 heteroatoms. The van der Waals surface area contributed by atoms with E-state index in [9.17, 15) is 4.79 Å². The molecule has 4 rings (SSSR count). The number of anilines is 1. The van der Waals surface area contributed by atoms with Gasteiger partial charge in [0.25, 0.3) is 5.91 Å². The van der Waals surface area contributed by atoms with Gasteiger partial charge in [0.2, 0.25) is 5.13 Å². The molecule has 0 atom stereocenters. The van der Waals surface area contributed by atoms with Crippen molar-refractivity contribution in [2.24, 2.45) is 0 Å². The van der Waals surface area contributed by atoms with Crippen molar-refractivity contribution in [2.45, 2.75) is 0 Å². The van der Waals surface area contributed by atoms with Gasteiger partial charge in [0.05, 0.1) is 10.7 Å². The number of nitrogens with one attached hydrogen (secondary N) is 1. The minimum Gasteiger partial charge on any atom is -0.295 e. The second-order valence-corrected chi connectivity index (χ2v) is 6.71. The number of hydrogen-bond donors (Lipinski definition) is 1. The summed E-state index contributed by atoms with van der Waals surface area (Å²) >= 11 is 7.47. The van der Waals surface area contributed by atoms with Gasteiger partial charge in [-0.05, 0) is 18.2 Å². The Kier molecular flexibility index (Phi) is 4.47. The van der Waals surface area contributed by atoms with Crippen molar-refractivity contribution in [3.63, 3.8) is 0 Å². The molecule has 2 aromatic heterocycles. The minimum atomic E-state index is -0.355. The Bertz CT molecular complexity index is 1060. The molecular formula is C18H12ClN5OS. The number of benzene rings is 2. The largest absolute Gasteiger partial charge is 0.295 e. The molecule has 2 aromatic carbocycles. The number of halogens is 1. The van der Waals surface area contributed by atoms with Gasteiger partial charge in [0.15, 0.2) is 5.69 Å². The fraction of sp³-hybridized carbons (Fsp3) is 0. The van der Waals surface area contributed by atoms with Crippen molar-refractivity contribution in [1.82, 2.24) is 20.0 Å². The van der Waals surface area contributed by atoms with E-state index < -0.39 is 0 Å². The number of amides is 1. The first kappa shape index (κ1) is 16.4. The summed E-state index contributed by atoms with van der Waals surface area (Å²) in [6, 6.07) is 18.6. The summed E-state index contributed by atoms with van der Waals surface area (Å²) in [6.45, 7) is 0. The van der Waals surface area contributed by atoms with E-state index in [4.69, 9.17) is 11.6 Å². The number of aromatic nitrogens is 4. The molecule has 128 valence electrons. The van der Waals surface area contributed by atoms with Gasteiger partial charge in [0.1, 0.15) is 5.01 Å². The Balaban J connectivity index is 1.51. The predicted octanol–water partition coefficient (Wildman–Crippen LogP) is 4.30. The first-order chi connectivity index (χ1) is 12.7. The smallest absolute Gasteiger partial charge is 0.277 e. The zero-order chi connectivity index (χ0) is 17.9. The Morgan fingerprint density at radius 3 is 2.58 bits per heavy atom. The topological polar surface area (TPSA) is 72.7 Å². The maximum absolute atomic E-state index is 12.4. The van der Waals surface area contributed by atoms with Crippen LogP contribution in [-0.4, -0.2) is 25.9 Å².